The summed E-state index contributed by atoms with van der Waals surface area (Å²) in [7, 11) is 0. The van der Waals surface area contributed by atoms with E-state index >= 15 is 0 Å². The fourth-order valence-corrected chi connectivity index (χ4v) is 2.55. The van der Waals surface area contributed by atoms with Gasteiger partial charge in [-0.1, -0.05) is 36.4 Å². The molecule has 0 aromatic heterocycles. The average molecular weight is 227 g/mol. The van der Waals surface area contributed by atoms with Crippen molar-refractivity contribution in [1.29, 1.82) is 0 Å². The van der Waals surface area contributed by atoms with Gasteiger partial charge in [0.15, 0.2) is 17.1 Å². The van der Waals surface area contributed by atoms with Gasteiger partial charge in [0.2, 0.25) is 4.86 Å². The molecule has 0 radical (unpaired) electrons. The molecule has 16 heavy (non-hydrogen) atoms. The Kier molecular flexibility index (Phi) is 3.84. The molecule has 0 spiro atoms. The monoisotopic (exact) mass is 227 g/mol. The predicted octanol–water partition coefficient (Wildman–Crippen LogP) is 3.36. The van der Waals surface area contributed by atoms with Gasteiger partial charge in [-0.25, -0.2) is 0 Å². The Bertz CT molecular complexity index is 416. The van der Waals surface area contributed by atoms with E-state index in [1.54, 1.807) is 0 Å². The molecule has 2 rings (SSSR count). The van der Waals surface area contributed by atoms with Gasteiger partial charge in [-0.15, -0.1) is 0 Å². The molecule has 0 aliphatic rings. The van der Waals surface area contributed by atoms with Crippen molar-refractivity contribution in [3.05, 3.63) is 71.8 Å². The molecule has 2 aromatic carbocycles. The quantitative estimate of drug-likeness (QED) is 0.428. The number of hydrogen-bond acceptors (Lipinski definition) is 0. The van der Waals surface area contributed by atoms with Crippen molar-refractivity contribution in [1.82, 2.24) is 0 Å². The Balaban J connectivity index is 2.44. The van der Waals surface area contributed by atoms with Gasteiger partial charge in [0.25, 0.3) is 0 Å². The highest BCUT2D eigenvalue weighted by atomic mass is 32.1. The Morgan fingerprint density at radius 2 is 1.25 bits per heavy atom. The standard InChI is InChI=1S/C15H15S/c1-2-16-15(13-9-5-3-6-10-13)14-11-7-4-8-12-14/h3-12H,2H2,1H3/q+1. The smallest absolute Gasteiger partial charge is 0.0622 e. The first kappa shape index (κ1) is 11.0. The van der Waals surface area contributed by atoms with E-state index in [4.69, 9.17) is 0 Å². The maximum atomic E-state index is 2.19. The second-order valence-electron chi connectivity index (χ2n) is 3.49. The summed E-state index contributed by atoms with van der Waals surface area (Å²) >= 11 is 1.90. The normalized spacial score (nSPS) is 9.81. The fourth-order valence-electron chi connectivity index (χ4n) is 1.66. The molecule has 0 nitrogen and oxygen atoms in total. The molecule has 0 saturated carbocycles. The van der Waals surface area contributed by atoms with Gasteiger partial charge in [0.1, 0.15) is 0 Å². The van der Waals surface area contributed by atoms with E-state index in [0.29, 0.717) is 0 Å². The van der Waals surface area contributed by atoms with Crippen molar-refractivity contribution < 1.29 is 0 Å². The summed E-state index contributed by atoms with van der Waals surface area (Å²) in [6, 6.07) is 21.2. The maximum absolute atomic E-state index is 2.19. The molecule has 0 heterocycles. The van der Waals surface area contributed by atoms with Crippen LogP contribution in [0.1, 0.15) is 18.1 Å². The van der Waals surface area contributed by atoms with Crippen molar-refractivity contribution in [3.8, 4) is 0 Å². The molecular weight excluding hydrogens is 212 g/mol. The third-order valence-corrected chi connectivity index (χ3v) is 3.41. The van der Waals surface area contributed by atoms with Gasteiger partial charge in [-0.2, -0.15) is 0 Å². The summed E-state index contributed by atoms with van der Waals surface area (Å²) in [5.74, 6) is 1.10. The van der Waals surface area contributed by atoms with E-state index in [2.05, 4.69) is 67.6 Å². The SMILES string of the molecule is CC[S+]=C(c1ccccc1)c1ccccc1. The molecule has 2 aromatic rings. The van der Waals surface area contributed by atoms with Gasteiger partial charge in [0.05, 0.1) is 0 Å². The molecule has 0 amide bonds. The lowest BCUT2D eigenvalue weighted by Crippen LogP contribution is -2.05. The Labute approximate surface area is 101 Å². The van der Waals surface area contributed by atoms with Crippen LogP contribution in [0.4, 0.5) is 0 Å². The fraction of sp³-hybridized carbons (Fsp3) is 0.133. The second kappa shape index (κ2) is 5.57. The molecule has 0 saturated heterocycles. The van der Waals surface area contributed by atoms with Crippen molar-refractivity contribution in [2.75, 3.05) is 5.75 Å². The molecule has 1 heteroatoms. The molecule has 80 valence electrons. The molecule has 0 unspecified atom stereocenters. The molecule has 0 aliphatic carbocycles. The minimum Gasteiger partial charge on any atom is -0.0622 e. The minimum atomic E-state index is 1.10. The van der Waals surface area contributed by atoms with Crippen LogP contribution in [-0.2, 0) is 11.4 Å². The first-order chi connectivity index (χ1) is 7.92. The zero-order chi connectivity index (χ0) is 11.2. The lowest BCUT2D eigenvalue weighted by molar-refractivity contribution is 1.54. The summed E-state index contributed by atoms with van der Waals surface area (Å²) in [5.41, 5.74) is 2.61. The topological polar surface area (TPSA) is 0 Å². The third-order valence-electron chi connectivity index (χ3n) is 2.36. The van der Waals surface area contributed by atoms with E-state index < -0.39 is 0 Å². The van der Waals surface area contributed by atoms with Crippen LogP contribution in [-0.4, -0.2) is 10.6 Å². The van der Waals surface area contributed by atoms with Crippen LogP contribution >= 0.6 is 0 Å². The first-order valence-corrected chi connectivity index (χ1v) is 6.51. The average Bonchev–Trinajstić information content (AvgIpc) is 2.38. The summed E-state index contributed by atoms with van der Waals surface area (Å²) < 4.78 is 0. The lowest BCUT2D eigenvalue weighted by Gasteiger charge is -1.98. The van der Waals surface area contributed by atoms with E-state index in [9.17, 15) is 0 Å². The van der Waals surface area contributed by atoms with Gasteiger partial charge in [-0.3, -0.25) is 0 Å². The van der Waals surface area contributed by atoms with E-state index in [0.717, 1.165) is 5.75 Å². The van der Waals surface area contributed by atoms with Crippen LogP contribution in [0.3, 0.4) is 0 Å². The largest absolute Gasteiger partial charge is 0.238 e. The van der Waals surface area contributed by atoms with Crippen molar-refractivity contribution >= 4 is 16.2 Å². The summed E-state index contributed by atoms with van der Waals surface area (Å²) in [6.45, 7) is 2.19. The van der Waals surface area contributed by atoms with Crippen molar-refractivity contribution in [3.63, 3.8) is 0 Å². The Morgan fingerprint density at radius 3 is 1.62 bits per heavy atom. The molecular formula is C15H15S+. The van der Waals surface area contributed by atoms with E-state index in [1.807, 2.05) is 11.4 Å². The molecule has 0 atom stereocenters. The molecule has 0 aliphatic heterocycles. The highest BCUT2D eigenvalue weighted by molar-refractivity contribution is 7.79. The molecule has 0 fully saturated rings. The number of benzene rings is 2. The van der Waals surface area contributed by atoms with Gasteiger partial charge >= 0.3 is 0 Å². The zero-order valence-electron chi connectivity index (χ0n) is 9.39. The zero-order valence-corrected chi connectivity index (χ0v) is 10.2. The first-order valence-electron chi connectivity index (χ1n) is 5.52. The highest BCUT2D eigenvalue weighted by Crippen LogP contribution is 2.09. The van der Waals surface area contributed by atoms with E-state index in [-0.39, 0.29) is 0 Å². The number of rotatable bonds is 3. The third kappa shape index (κ3) is 2.56. The Hall–Kier alpha value is -1.47. The van der Waals surface area contributed by atoms with Gasteiger partial charge in [0, 0.05) is 11.1 Å². The molecule has 0 N–H and O–H groups in total. The van der Waals surface area contributed by atoms with Gasteiger partial charge in [-0.05, 0) is 31.2 Å². The van der Waals surface area contributed by atoms with Crippen molar-refractivity contribution in [2.45, 2.75) is 6.92 Å². The van der Waals surface area contributed by atoms with Crippen molar-refractivity contribution in [2.24, 2.45) is 0 Å². The van der Waals surface area contributed by atoms with Crippen LogP contribution in [0.25, 0.3) is 0 Å². The Morgan fingerprint density at radius 1 is 0.812 bits per heavy atom. The lowest BCUT2D eigenvalue weighted by atomic mass is 10.1. The van der Waals surface area contributed by atoms with E-state index in [1.165, 1.54) is 16.0 Å². The van der Waals surface area contributed by atoms with Crippen LogP contribution in [0.15, 0.2) is 60.7 Å². The highest BCUT2D eigenvalue weighted by Gasteiger charge is 2.14. The minimum absolute atomic E-state index is 1.10. The van der Waals surface area contributed by atoms with Crippen LogP contribution in [0.2, 0.25) is 0 Å². The van der Waals surface area contributed by atoms with Gasteiger partial charge < -0.3 is 0 Å². The summed E-state index contributed by atoms with van der Waals surface area (Å²) in [6.07, 6.45) is 0. The summed E-state index contributed by atoms with van der Waals surface area (Å²) in [5, 5.41) is 0. The maximum Gasteiger partial charge on any atom is 0.238 e. The second-order valence-corrected chi connectivity index (χ2v) is 4.77. The van der Waals surface area contributed by atoms with Crippen LogP contribution in [0.5, 0.6) is 0 Å². The molecule has 0 bridgehead atoms. The van der Waals surface area contributed by atoms with Crippen LogP contribution in [0, 0.1) is 0 Å². The number of hydrogen-bond donors (Lipinski definition) is 0. The summed E-state index contributed by atoms with van der Waals surface area (Å²) in [4.78, 5) is 1.36. The van der Waals surface area contributed by atoms with Crippen LogP contribution < -0.4 is 0 Å². The predicted molar refractivity (Wildman–Crippen MR) is 74.0 cm³/mol.